The quantitative estimate of drug-likeness (QED) is 0.447. The number of anilines is 1. The number of rotatable bonds is 7. The van der Waals surface area contributed by atoms with Crippen molar-refractivity contribution >= 4 is 28.6 Å². The van der Waals surface area contributed by atoms with Gasteiger partial charge in [-0.2, -0.15) is 0 Å². The van der Waals surface area contributed by atoms with Gasteiger partial charge in [0.1, 0.15) is 0 Å². The predicted molar refractivity (Wildman–Crippen MR) is 90.6 cm³/mol. The van der Waals surface area contributed by atoms with E-state index in [2.05, 4.69) is 71.9 Å². The second-order valence-corrected chi connectivity index (χ2v) is 6.42. The summed E-state index contributed by atoms with van der Waals surface area (Å²) in [6, 6.07) is 6.72. The summed E-state index contributed by atoms with van der Waals surface area (Å²) in [4.78, 5) is 0. The van der Waals surface area contributed by atoms with E-state index < -0.39 is 0 Å². The molecular weight excluding hydrogens is 333 g/mol. The van der Waals surface area contributed by atoms with Crippen molar-refractivity contribution in [2.24, 2.45) is 5.92 Å². The second kappa shape index (κ2) is 8.03. The Labute approximate surface area is 126 Å². The zero-order chi connectivity index (χ0) is 13.5. The minimum absolute atomic E-state index is 0.821. The maximum absolute atomic E-state index is 2.47. The number of halogens is 1. The van der Waals surface area contributed by atoms with E-state index in [1.807, 2.05) is 0 Å². The van der Waals surface area contributed by atoms with Gasteiger partial charge in [0.25, 0.3) is 0 Å². The van der Waals surface area contributed by atoms with Gasteiger partial charge in [0.05, 0.1) is 22.9 Å². The van der Waals surface area contributed by atoms with Crippen molar-refractivity contribution in [1.82, 2.24) is 0 Å². The van der Waals surface area contributed by atoms with Crippen LogP contribution >= 0.6 is 22.9 Å². The summed E-state index contributed by atoms with van der Waals surface area (Å²) in [6.45, 7) is 10.1. The lowest BCUT2D eigenvalue weighted by Gasteiger charge is -2.24. The highest BCUT2D eigenvalue weighted by Crippen LogP contribution is 2.27. The molecule has 1 nitrogen and oxygen atoms in total. The van der Waals surface area contributed by atoms with Gasteiger partial charge >= 0.3 is 0 Å². The van der Waals surface area contributed by atoms with Crippen LogP contribution in [0.2, 0.25) is 0 Å². The maximum Gasteiger partial charge on any atom is 0.0591 e. The summed E-state index contributed by atoms with van der Waals surface area (Å²) in [5.74, 6) is 0.821. The second-order valence-electron chi connectivity index (χ2n) is 5.25. The molecule has 1 aromatic carbocycles. The Morgan fingerprint density at radius 1 is 1.22 bits per heavy atom. The summed E-state index contributed by atoms with van der Waals surface area (Å²) in [5.41, 5.74) is 4.10. The van der Waals surface area contributed by atoms with Gasteiger partial charge in [-0.1, -0.05) is 45.2 Å². The molecule has 0 heterocycles. The van der Waals surface area contributed by atoms with E-state index in [0.717, 1.165) is 5.92 Å². The van der Waals surface area contributed by atoms with Gasteiger partial charge in [-0.3, -0.25) is 0 Å². The van der Waals surface area contributed by atoms with E-state index in [1.165, 1.54) is 49.0 Å². The number of hydrogen-bond acceptors (Lipinski definition) is 1. The summed E-state index contributed by atoms with van der Waals surface area (Å²) in [7, 11) is 0. The van der Waals surface area contributed by atoms with Crippen molar-refractivity contribution in [1.29, 1.82) is 0 Å². The molecule has 18 heavy (non-hydrogen) atoms. The first-order valence-corrected chi connectivity index (χ1v) is 8.05. The highest BCUT2D eigenvalue weighted by Gasteiger charge is 2.12. The lowest BCUT2D eigenvalue weighted by Crippen LogP contribution is -2.20. The van der Waals surface area contributed by atoms with Crippen molar-refractivity contribution in [3.05, 3.63) is 29.3 Å². The molecule has 1 rings (SSSR count). The SMILES string of the molecule is CCCCC(CC)CN(I)c1cc(C)ccc1C. The molecule has 0 aliphatic heterocycles. The Hall–Kier alpha value is -0.250. The molecule has 2 heteroatoms. The predicted octanol–water partition coefficient (Wildman–Crippen LogP) is 5.68. The Bertz CT molecular complexity index is 362. The molecule has 1 aromatic rings. The van der Waals surface area contributed by atoms with Crippen molar-refractivity contribution in [3.63, 3.8) is 0 Å². The van der Waals surface area contributed by atoms with Crippen LogP contribution in [-0.2, 0) is 0 Å². The Morgan fingerprint density at radius 3 is 2.56 bits per heavy atom. The fraction of sp³-hybridized carbons (Fsp3) is 0.625. The fourth-order valence-corrected chi connectivity index (χ4v) is 3.30. The normalized spacial score (nSPS) is 12.5. The fourth-order valence-electron chi connectivity index (χ4n) is 2.22. The summed E-state index contributed by atoms with van der Waals surface area (Å²) in [5, 5.41) is 0. The zero-order valence-electron chi connectivity index (χ0n) is 12.2. The van der Waals surface area contributed by atoms with Crippen LogP contribution < -0.4 is 3.11 Å². The third kappa shape index (κ3) is 4.79. The molecule has 0 fully saturated rings. The molecule has 0 saturated heterocycles. The largest absolute Gasteiger partial charge is 0.314 e. The van der Waals surface area contributed by atoms with Gasteiger partial charge in [0.15, 0.2) is 0 Å². The first-order chi connectivity index (χ1) is 8.58. The summed E-state index contributed by atoms with van der Waals surface area (Å²) in [6.07, 6.45) is 5.30. The standard InChI is InChI=1S/C16H26IN/c1-5-7-8-15(6-2)12-18(17)16-11-13(3)9-10-14(16)4/h9-11,15H,5-8,12H2,1-4H3. The Balaban J connectivity index is 2.67. The van der Waals surface area contributed by atoms with E-state index in [-0.39, 0.29) is 0 Å². The number of hydrogen-bond donors (Lipinski definition) is 0. The van der Waals surface area contributed by atoms with Gasteiger partial charge in [-0.05, 0) is 43.4 Å². The molecule has 0 N–H and O–H groups in total. The highest BCUT2D eigenvalue weighted by atomic mass is 127. The van der Waals surface area contributed by atoms with E-state index in [4.69, 9.17) is 0 Å². The lowest BCUT2D eigenvalue weighted by molar-refractivity contribution is 0.466. The average Bonchev–Trinajstić information content (AvgIpc) is 2.37. The van der Waals surface area contributed by atoms with Crippen LogP contribution in [0.15, 0.2) is 18.2 Å². The number of benzene rings is 1. The zero-order valence-corrected chi connectivity index (χ0v) is 14.3. The molecule has 1 atom stereocenters. The Kier molecular flexibility index (Phi) is 7.05. The molecule has 0 aliphatic rings. The van der Waals surface area contributed by atoms with Crippen LogP contribution in [0.1, 0.15) is 50.7 Å². The molecule has 0 amide bonds. The van der Waals surface area contributed by atoms with Gasteiger partial charge in [0.2, 0.25) is 0 Å². The van der Waals surface area contributed by atoms with Crippen LogP contribution in [0.5, 0.6) is 0 Å². The third-order valence-electron chi connectivity index (χ3n) is 3.59. The molecule has 102 valence electrons. The first-order valence-electron chi connectivity index (χ1n) is 7.09. The molecule has 0 aliphatic carbocycles. The van der Waals surface area contributed by atoms with Crippen molar-refractivity contribution in [2.75, 3.05) is 9.66 Å². The number of aryl methyl sites for hydroxylation is 2. The van der Waals surface area contributed by atoms with Gasteiger partial charge in [0, 0.05) is 12.2 Å². The van der Waals surface area contributed by atoms with Gasteiger partial charge < -0.3 is 3.11 Å². The van der Waals surface area contributed by atoms with Gasteiger partial charge in [-0.15, -0.1) is 0 Å². The van der Waals surface area contributed by atoms with Crippen LogP contribution in [0.3, 0.4) is 0 Å². The summed E-state index contributed by atoms with van der Waals surface area (Å²) >= 11 is 2.47. The van der Waals surface area contributed by atoms with E-state index in [9.17, 15) is 0 Å². The third-order valence-corrected chi connectivity index (χ3v) is 4.50. The average molecular weight is 359 g/mol. The lowest BCUT2D eigenvalue weighted by atomic mass is 9.99. The van der Waals surface area contributed by atoms with Crippen LogP contribution in [-0.4, -0.2) is 6.54 Å². The minimum Gasteiger partial charge on any atom is -0.314 e. The number of unbranched alkanes of at least 4 members (excludes halogenated alkanes) is 1. The minimum atomic E-state index is 0.821. The first kappa shape index (κ1) is 15.8. The van der Waals surface area contributed by atoms with Crippen LogP contribution in [0.25, 0.3) is 0 Å². The van der Waals surface area contributed by atoms with Gasteiger partial charge in [-0.25, -0.2) is 0 Å². The monoisotopic (exact) mass is 359 g/mol. The van der Waals surface area contributed by atoms with Crippen LogP contribution in [0.4, 0.5) is 5.69 Å². The maximum atomic E-state index is 2.47. The Morgan fingerprint density at radius 2 is 1.94 bits per heavy atom. The molecule has 0 saturated carbocycles. The van der Waals surface area contributed by atoms with E-state index in [1.54, 1.807) is 0 Å². The smallest absolute Gasteiger partial charge is 0.0591 e. The highest BCUT2D eigenvalue weighted by molar-refractivity contribution is 14.1. The van der Waals surface area contributed by atoms with E-state index in [0.29, 0.717) is 0 Å². The van der Waals surface area contributed by atoms with Crippen molar-refractivity contribution < 1.29 is 0 Å². The molecule has 0 radical (unpaired) electrons. The number of nitrogens with zero attached hydrogens (tertiary/aromatic N) is 1. The van der Waals surface area contributed by atoms with Crippen molar-refractivity contribution in [3.8, 4) is 0 Å². The molecule has 0 aromatic heterocycles. The van der Waals surface area contributed by atoms with E-state index >= 15 is 0 Å². The molecule has 0 spiro atoms. The molecular formula is C16H26IN. The van der Waals surface area contributed by atoms with Crippen LogP contribution in [0, 0.1) is 19.8 Å². The topological polar surface area (TPSA) is 3.24 Å². The summed E-state index contributed by atoms with van der Waals surface area (Å²) < 4.78 is 2.41. The van der Waals surface area contributed by atoms with Crippen molar-refractivity contribution in [2.45, 2.75) is 53.4 Å². The molecule has 0 bridgehead atoms. The molecule has 1 unspecified atom stereocenters.